The Kier molecular flexibility index (Phi) is 4.44. The number of rotatable bonds is 4. The summed E-state index contributed by atoms with van der Waals surface area (Å²) in [6.07, 6.45) is -0.408. The Hall–Kier alpha value is -0.723. The summed E-state index contributed by atoms with van der Waals surface area (Å²) in [4.78, 5) is 0. The minimum Gasteiger partial charge on any atom is -0.414 e. The van der Waals surface area contributed by atoms with Crippen molar-refractivity contribution in [2.45, 2.75) is 56.9 Å². The molecule has 2 aliphatic heterocycles. The molecule has 2 aliphatic rings. The van der Waals surface area contributed by atoms with E-state index in [1.54, 1.807) is 0 Å². The fraction of sp³-hybridized carbons (Fsp3) is 0.667. The van der Waals surface area contributed by atoms with E-state index in [1.165, 1.54) is 0 Å². The van der Waals surface area contributed by atoms with Crippen LogP contribution >= 0.6 is 0 Å². The van der Waals surface area contributed by atoms with Crippen LogP contribution in [0.4, 0.5) is 0 Å². The van der Waals surface area contributed by atoms with Gasteiger partial charge in [-0.05, 0) is 18.1 Å². The third-order valence-corrected chi connectivity index (χ3v) is 9.84. The lowest BCUT2D eigenvalue weighted by Crippen LogP contribution is -2.50. The monoisotopic (exact) mass is 336 g/mol. The van der Waals surface area contributed by atoms with Gasteiger partial charge >= 0.3 is 0 Å². The molecule has 0 bridgehead atoms. The second-order valence-electron chi connectivity index (χ2n) is 8.10. The van der Waals surface area contributed by atoms with E-state index >= 15 is 0 Å². The van der Waals surface area contributed by atoms with Gasteiger partial charge in [0.05, 0.1) is 19.8 Å². The quantitative estimate of drug-likeness (QED) is 0.618. The number of hydrogen-bond donors (Lipinski definition) is 0. The number of benzene rings is 1. The fourth-order valence-electron chi connectivity index (χ4n) is 2.46. The van der Waals surface area contributed by atoms with Crippen molar-refractivity contribution in [3.05, 3.63) is 35.9 Å². The maximum Gasteiger partial charge on any atom is 0.192 e. The van der Waals surface area contributed by atoms with Crippen molar-refractivity contribution in [1.82, 2.24) is 0 Å². The maximum absolute atomic E-state index is 6.37. The molecule has 0 unspecified atom stereocenters. The summed E-state index contributed by atoms with van der Waals surface area (Å²) >= 11 is 0. The van der Waals surface area contributed by atoms with Gasteiger partial charge in [-0.15, -0.1) is 0 Å². The minimum absolute atomic E-state index is 0.0735. The smallest absolute Gasteiger partial charge is 0.192 e. The normalized spacial score (nSPS) is 31.3. The lowest BCUT2D eigenvalue weighted by atomic mass is 10.0. The summed E-state index contributed by atoms with van der Waals surface area (Å²) in [5.74, 6) is 0. The van der Waals surface area contributed by atoms with Gasteiger partial charge in [0.1, 0.15) is 11.7 Å². The molecule has 5 heteroatoms. The van der Waals surface area contributed by atoms with Crippen LogP contribution in [0.1, 0.15) is 32.6 Å². The van der Waals surface area contributed by atoms with Gasteiger partial charge in [0.25, 0.3) is 0 Å². The largest absolute Gasteiger partial charge is 0.414 e. The fourth-order valence-corrected chi connectivity index (χ4v) is 3.46. The highest BCUT2D eigenvalue weighted by Gasteiger charge is 2.57. The standard InChI is InChI=1S/C18H28O4Si/c1-17(2,3)23(4,5)21-11-15-18(13-20-18)12-19-16(22-15)14-9-7-6-8-10-14/h6-10,15-16H,11-13H2,1-5H3/t15-,16+,18-/m1/s1. The zero-order valence-electron chi connectivity index (χ0n) is 14.8. The van der Waals surface area contributed by atoms with E-state index in [2.05, 4.69) is 33.9 Å². The molecule has 4 nitrogen and oxygen atoms in total. The first-order valence-corrected chi connectivity index (χ1v) is 11.2. The molecule has 0 radical (unpaired) electrons. The van der Waals surface area contributed by atoms with E-state index in [1.807, 2.05) is 30.3 Å². The molecule has 3 rings (SSSR count). The van der Waals surface area contributed by atoms with Gasteiger partial charge in [-0.2, -0.15) is 0 Å². The van der Waals surface area contributed by atoms with Gasteiger partial charge in [0.15, 0.2) is 14.6 Å². The first kappa shape index (κ1) is 17.1. The van der Waals surface area contributed by atoms with Crippen LogP contribution in [0.3, 0.4) is 0 Å². The zero-order valence-corrected chi connectivity index (χ0v) is 15.8. The molecule has 3 atom stereocenters. The van der Waals surface area contributed by atoms with Crippen molar-refractivity contribution in [1.29, 1.82) is 0 Å². The summed E-state index contributed by atoms with van der Waals surface area (Å²) < 4.78 is 24.1. The van der Waals surface area contributed by atoms with E-state index in [0.29, 0.717) is 19.8 Å². The average Bonchev–Trinajstić information content (AvgIpc) is 3.27. The Labute approximate surface area is 140 Å². The van der Waals surface area contributed by atoms with Crippen molar-refractivity contribution < 1.29 is 18.6 Å². The predicted molar refractivity (Wildman–Crippen MR) is 91.8 cm³/mol. The molecule has 23 heavy (non-hydrogen) atoms. The van der Waals surface area contributed by atoms with Gasteiger partial charge < -0.3 is 18.6 Å². The van der Waals surface area contributed by atoms with Crippen LogP contribution in [0.15, 0.2) is 30.3 Å². The Morgan fingerprint density at radius 2 is 1.83 bits per heavy atom. The zero-order chi connectivity index (χ0) is 16.7. The van der Waals surface area contributed by atoms with E-state index in [9.17, 15) is 0 Å². The van der Waals surface area contributed by atoms with Crippen LogP contribution in [0.5, 0.6) is 0 Å². The Morgan fingerprint density at radius 1 is 1.17 bits per heavy atom. The number of ether oxygens (including phenoxy) is 3. The molecule has 0 aliphatic carbocycles. The lowest BCUT2D eigenvalue weighted by molar-refractivity contribution is -0.251. The SMILES string of the molecule is CC(C)(C)[Si](C)(C)OC[C@H]1O[C@@H](c2ccccc2)OC[C@@]12CO2. The maximum atomic E-state index is 6.37. The molecule has 0 amide bonds. The molecule has 2 fully saturated rings. The van der Waals surface area contributed by atoms with Gasteiger partial charge in [-0.25, -0.2) is 0 Å². The molecule has 128 valence electrons. The Bertz CT molecular complexity index is 534. The summed E-state index contributed by atoms with van der Waals surface area (Å²) in [5.41, 5.74) is 0.744. The second-order valence-corrected chi connectivity index (χ2v) is 12.9. The van der Waals surface area contributed by atoms with Crippen molar-refractivity contribution in [3.8, 4) is 0 Å². The van der Waals surface area contributed by atoms with Gasteiger partial charge in [0.2, 0.25) is 0 Å². The third-order valence-electron chi connectivity index (χ3n) is 5.34. The molecule has 0 saturated carbocycles. The van der Waals surface area contributed by atoms with Gasteiger partial charge in [-0.3, -0.25) is 0 Å². The van der Waals surface area contributed by atoms with E-state index in [0.717, 1.165) is 5.56 Å². The first-order chi connectivity index (χ1) is 10.7. The summed E-state index contributed by atoms with van der Waals surface area (Å²) in [6, 6.07) is 10.1. The highest BCUT2D eigenvalue weighted by Crippen LogP contribution is 2.43. The molecule has 2 heterocycles. The van der Waals surface area contributed by atoms with E-state index < -0.39 is 8.32 Å². The van der Waals surface area contributed by atoms with Gasteiger partial charge in [-0.1, -0.05) is 51.1 Å². The Balaban J connectivity index is 1.67. The molecular weight excluding hydrogens is 308 g/mol. The molecule has 0 aromatic heterocycles. The number of hydrogen-bond acceptors (Lipinski definition) is 4. The summed E-state index contributed by atoms with van der Waals surface area (Å²) in [7, 11) is -1.80. The molecular formula is C18H28O4Si. The van der Waals surface area contributed by atoms with Crippen LogP contribution in [0, 0.1) is 0 Å². The summed E-state index contributed by atoms with van der Waals surface area (Å²) in [6.45, 7) is 13.1. The van der Waals surface area contributed by atoms with E-state index in [4.69, 9.17) is 18.6 Å². The molecule has 0 N–H and O–H groups in total. The van der Waals surface area contributed by atoms with Crippen molar-refractivity contribution >= 4 is 8.32 Å². The number of epoxide rings is 1. The van der Waals surface area contributed by atoms with Crippen LogP contribution in [-0.2, 0) is 18.6 Å². The van der Waals surface area contributed by atoms with Crippen LogP contribution < -0.4 is 0 Å². The minimum atomic E-state index is -1.80. The van der Waals surface area contributed by atoms with Crippen LogP contribution in [0.2, 0.25) is 18.1 Å². The van der Waals surface area contributed by atoms with Crippen molar-refractivity contribution in [3.63, 3.8) is 0 Å². The topological polar surface area (TPSA) is 40.2 Å². The highest BCUT2D eigenvalue weighted by atomic mass is 28.4. The lowest BCUT2D eigenvalue weighted by Gasteiger charge is -2.40. The van der Waals surface area contributed by atoms with Gasteiger partial charge in [0, 0.05) is 5.56 Å². The molecule has 1 spiro atoms. The predicted octanol–water partition coefficient (Wildman–Crippen LogP) is 3.89. The van der Waals surface area contributed by atoms with Crippen molar-refractivity contribution in [2.24, 2.45) is 0 Å². The van der Waals surface area contributed by atoms with Crippen molar-refractivity contribution in [2.75, 3.05) is 19.8 Å². The highest BCUT2D eigenvalue weighted by molar-refractivity contribution is 6.74. The summed E-state index contributed by atoms with van der Waals surface area (Å²) in [5, 5.41) is 0.189. The first-order valence-electron chi connectivity index (χ1n) is 8.33. The molecule has 1 aromatic carbocycles. The third kappa shape index (κ3) is 3.54. The van der Waals surface area contributed by atoms with E-state index in [-0.39, 0.29) is 23.0 Å². The Morgan fingerprint density at radius 3 is 2.39 bits per heavy atom. The van der Waals surface area contributed by atoms with Crippen LogP contribution in [-0.4, -0.2) is 39.8 Å². The second kappa shape index (κ2) is 5.97. The molecule has 2 saturated heterocycles. The average molecular weight is 337 g/mol. The molecule has 1 aromatic rings. The van der Waals surface area contributed by atoms with Crippen LogP contribution in [0.25, 0.3) is 0 Å².